The van der Waals surface area contributed by atoms with Crippen LogP contribution in [-0.4, -0.2) is 14.1 Å². The molecule has 0 atom stereocenters. The monoisotopic (exact) mass is 591 g/mol. The molecule has 0 unspecified atom stereocenters. The minimum atomic E-state index is -0.0986. The minimum Gasteiger partial charge on any atom is -0.260 e. The second-order valence-electron chi connectivity index (χ2n) is 11.3. The molecule has 0 saturated heterocycles. The van der Waals surface area contributed by atoms with E-state index in [0.717, 1.165) is 67.2 Å². The van der Waals surface area contributed by atoms with Gasteiger partial charge in [-0.15, -0.1) is 0 Å². The van der Waals surface area contributed by atoms with Crippen LogP contribution in [0.15, 0.2) is 181 Å². The Bertz CT molecular complexity index is 2280. The maximum Gasteiger partial charge on any atom is 0.338 e. The van der Waals surface area contributed by atoms with Gasteiger partial charge >= 0.3 is 5.69 Å². The molecule has 0 N–H and O–H groups in total. The van der Waals surface area contributed by atoms with Crippen LogP contribution in [-0.2, 0) is 0 Å². The van der Waals surface area contributed by atoms with Crippen molar-refractivity contribution >= 4 is 11.0 Å². The van der Waals surface area contributed by atoms with E-state index in [-0.39, 0.29) is 5.69 Å². The molecule has 0 bridgehead atoms. The number of hydrogen-bond acceptors (Lipinski definition) is 2. The van der Waals surface area contributed by atoms with E-state index in [1.807, 2.05) is 91.0 Å². The number of imidazole rings is 1. The molecule has 46 heavy (non-hydrogen) atoms. The van der Waals surface area contributed by atoms with E-state index in [2.05, 4.69) is 84.9 Å². The van der Waals surface area contributed by atoms with Crippen LogP contribution in [0.1, 0.15) is 0 Å². The number of para-hydroxylation sites is 2. The Kier molecular flexibility index (Phi) is 6.93. The quantitative estimate of drug-likeness (QED) is 0.193. The zero-order valence-electron chi connectivity index (χ0n) is 25.0. The molecule has 218 valence electrons. The lowest BCUT2D eigenvalue weighted by Gasteiger charge is -2.11. The highest BCUT2D eigenvalue weighted by Crippen LogP contribution is 2.32. The van der Waals surface area contributed by atoms with Gasteiger partial charge in [0.2, 0.25) is 0 Å². The number of aromatic nitrogens is 3. The molecule has 0 saturated carbocycles. The molecule has 2 aromatic heterocycles. The zero-order valence-corrected chi connectivity index (χ0v) is 25.0. The molecule has 8 rings (SSSR count). The lowest BCUT2D eigenvalue weighted by Crippen LogP contribution is -2.21. The lowest BCUT2D eigenvalue weighted by molar-refractivity contribution is 0.931. The SMILES string of the molecule is O=c1n(-c2ccccc2)c2ccc(-c3ccc(-c4cc(-c5ccccc5)cc(-c5ccccc5)n4)cc3)cc2n1-c1ccccc1. The van der Waals surface area contributed by atoms with Gasteiger partial charge in [0.15, 0.2) is 0 Å². The summed E-state index contributed by atoms with van der Waals surface area (Å²) in [5, 5.41) is 0. The Morgan fingerprint density at radius 2 is 0.761 bits per heavy atom. The highest BCUT2D eigenvalue weighted by Gasteiger charge is 2.17. The molecule has 0 aliphatic heterocycles. The summed E-state index contributed by atoms with van der Waals surface area (Å²) in [4.78, 5) is 19.0. The van der Waals surface area contributed by atoms with Crippen LogP contribution in [0.5, 0.6) is 0 Å². The molecule has 4 nitrogen and oxygen atoms in total. The van der Waals surface area contributed by atoms with Gasteiger partial charge < -0.3 is 0 Å². The molecule has 4 heteroatoms. The fourth-order valence-corrected chi connectivity index (χ4v) is 6.10. The lowest BCUT2D eigenvalue weighted by atomic mass is 9.98. The van der Waals surface area contributed by atoms with Crippen LogP contribution in [0, 0.1) is 0 Å². The molecule has 2 heterocycles. The van der Waals surface area contributed by atoms with E-state index >= 15 is 0 Å². The number of benzene rings is 6. The standard InChI is InChI=1S/C42H29N3O/c46-42-44(36-17-9-3-10-18-36)40-26-25-34(29-41(40)45(42)37-19-11-4-12-20-37)31-21-23-33(24-22-31)39-28-35(30-13-5-1-6-14-30)27-38(43-39)32-15-7-2-8-16-32/h1-29H. The summed E-state index contributed by atoms with van der Waals surface area (Å²) in [6.07, 6.45) is 0. The first-order valence-electron chi connectivity index (χ1n) is 15.3. The van der Waals surface area contributed by atoms with Crippen molar-refractivity contribution in [1.82, 2.24) is 14.1 Å². The van der Waals surface area contributed by atoms with Gasteiger partial charge in [0.1, 0.15) is 0 Å². The smallest absolute Gasteiger partial charge is 0.260 e. The van der Waals surface area contributed by atoms with Gasteiger partial charge in [-0.1, -0.05) is 127 Å². The van der Waals surface area contributed by atoms with Gasteiger partial charge in [0.05, 0.1) is 33.8 Å². The largest absolute Gasteiger partial charge is 0.338 e. The Labute approximate surface area is 267 Å². The van der Waals surface area contributed by atoms with Crippen LogP contribution in [0.4, 0.5) is 0 Å². The first kappa shape index (κ1) is 27.3. The van der Waals surface area contributed by atoms with Crippen molar-refractivity contribution in [2.45, 2.75) is 0 Å². The van der Waals surface area contributed by atoms with Gasteiger partial charge in [0.25, 0.3) is 0 Å². The van der Waals surface area contributed by atoms with Crippen molar-refractivity contribution < 1.29 is 0 Å². The van der Waals surface area contributed by atoms with Gasteiger partial charge in [-0.25, -0.2) is 9.78 Å². The molecule has 6 aromatic carbocycles. The predicted molar refractivity (Wildman–Crippen MR) is 188 cm³/mol. The summed E-state index contributed by atoms with van der Waals surface area (Å²) in [6, 6.07) is 59.5. The summed E-state index contributed by atoms with van der Waals surface area (Å²) in [5.74, 6) is 0. The summed E-state index contributed by atoms with van der Waals surface area (Å²) in [6.45, 7) is 0. The maximum absolute atomic E-state index is 13.9. The molecule has 0 fully saturated rings. The van der Waals surface area contributed by atoms with Crippen LogP contribution in [0.2, 0.25) is 0 Å². The molecule has 0 radical (unpaired) electrons. The third-order valence-electron chi connectivity index (χ3n) is 8.38. The number of pyridine rings is 1. The Balaban J connectivity index is 1.23. The third kappa shape index (κ3) is 5.02. The molecule has 0 aliphatic carbocycles. The van der Waals surface area contributed by atoms with E-state index in [1.54, 1.807) is 9.13 Å². The van der Waals surface area contributed by atoms with Crippen molar-refractivity contribution in [3.63, 3.8) is 0 Å². The topological polar surface area (TPSA) is 39.8 Å². The van der Waals surface area contributed by atoms with Gasteiger partial charge in [-0.2, -0.15) is 0 Å². The fourth-order valence-electron chi connectivity index (χ4n) is 6.10. The van der Waals surface area contributed by atoms with Gasteiger partial charge in [-0.3, -0.25) is 9.13 Å². The Morgan fingerprint density at radius 1 is 0.348 bits per heavy atom. The van der Waals surface area contributed by atoms with Crippen LogP contribution in [0.25, 0.3) is 67.2 Å². The van der Waals surface area contributed by atoms with E-state index in [0.29, 0.717) is 0 Å². The van der Waals surface area contributed by atoms with E-state index in [4.69, 9.17) is 4.98 Å². The van der Waals surface area contributed by atoms with Crippen LogP contribution < -0.4 is 5.69 Å². The van der Waals surface area contributed by atoms with Crippen LogP contribution in [0.3, 0.4) is 0 Å². The summed E-state index contributed by atoms with van der Waals surface area (Å²) in [5.41, 5.74) is 11.6. The highest BCUT2D eigenvalue weighted by atomic mass is 16.1. The number of nitrogens with zero attached hydrogens (tertiary/aromatic N) is 3. The average Bonchev–Trinajstić information content (AvgIpc) is 3.43. The van der Waals surface area contributed by atoms with Crippen molar-refractivity contribution in [2.75, 3.05) is 0 Å². The number of fused-ring (bicyclic) bond motifs is 1. The van der Waals surface area contributed by atoms with Crippen molar-refractivity contribution in [2.24, 2.45) is 0 Å². The highest BCUT2D eigenvalue weighted by molar-refractivity contribution is 5.86. The van der Waals surface area contributed by atoms with E-state index in [9.17, 15) is 4.79 Å². The van der Waals surface area contributed by atoms with Gasteiger partial charge in [0, 0.05) is 11.1 Å². The van der Waals surface area contributed by atoms with Crippen LogP contribution >= 0.6 is 0 Å². The maximum atomic E-state index is 13.9. The second kappa shape index (κ2) is 11.7. The molecule has 0 amide bonds. The summed E-state index contributed by atoms with van der Waals surface area (Å²) >= 11 is 0. The first-order valence-corrected chi connectivity index (χ1v) is 15.3. The number of rotatable bonds is 6. The first-order chi connectivity index (χ1) is 22.7. The summed E-state index contributed by atoms with van der Waals surface area (Å²) < 4.78 is 3.58. The molecular formula is C42H29N3O. The number of hydrogen-bond donors (Lipinski definition) is 0. The molecular weight excluding hydrogens is 562 g/mol. The normalized spacial score (nSPS) is 11.1. The molecule has 8 aromatic rings. The van der Waals surface area contributed by atoms with Crippen molar-refractivity contribution in [1.29, 1.82) is 0 Å². The molecule has 0 aliphatic rings. The Hall–Kier alpha value is -6.26. The Morgan fingerprint density at radius 3 is 1.33 bits per heavy atom. The third-order valence-corrected chi connectivity index (χ3v) is 8.38. The van der Waals surface area contributed by atoms with Crippen molar-refractivity contribution in [3.8, 4) is 56.1 Å². The zero-order chi connectivity index (χ0) is 30.9. The fraction of sp³-hybridized carbons (Fsp3) is 0. The molecule has 0 spiro atoms. The van der Waals surface area contributed by atoms with E-state index < -0.39 is 0 Å². The van der Waals surface area contributed by atoms with Crippen molar-refractivity contribution in [3.05, 3.63) is 186 Å². The summed E-state index contributed by atoms with van der Waals surface area (Å²) in [7, 11) is 0. The second-order valence-corrected chi connectivity index (χ2v) is 11.3. The average molecular weight is 592 g/mol. The predicted octanol–water partition coefficient (Wildman–Crippen LogP) is 9.84. The van der Waals surface area contributed by atoms with Gasteiger partial charge in [-0.05, 0) is 70.8 Å². The van der Waals surface area contributed by atoms with E-state index in [1.165, 1.54) is 0 Å². The minimum absolute atomic E-state index is 0.0986.